The maximum atomic E-state index is 11.3. The average Bonchev–Trinajstić information content (AvgIpc) is 2.37. The molecule has 5 heteroatoms. The number of aldehydes is 1. The second-order valence-corrected chi connectivity index (χ2v) is 3.81. The number of ether oxygens (including phenoxy) is 1. The molecule has 1 rings (SSSR count). The van der Waals surface area contributed by atoms with Crippen LogP contribution in [0.4, 0.5) is 0 Å². The molecule has 0 saturated heterocycles. The fourth-order valence-electron chi connectivity index (χ4n) is 1.49. The van der Waals surface area contributed by atoms with E-state index in [9.17, 15) is 19.5 Å². The van der Waals surface area contributed by atoms with Crippen molar-refractivity contribution in [3.8, 4) is 11.5 Å². The Bertz CT molecular complexity index is 464. The molecule has 0 aliphatic carbocycles. The molecule has 0 aliphatic rings. The minimum Gasteiger partial charge on any atom is -0.504 e. The molecular formula is C13H14O5. The van der Waals surface area contributed by atoms with E-state index in [-0.39, 0.29) is 30.7 Å². The summed E-state index contributed by atoms with van der Waals surface area (Å²) in [5, 5.41) is 9.39. The first-order chi connectivity index (χ1) is 8.56. The number of hydrogen-bond acceptors (Lipinski definition) is 5. The molecular weight excluding hydrogens is 236 g/mol. The molecule has 0 fully saturated rings. The van der Waals surface area contributed by atoms with Gasteiger partial charge < -0.3 is 9.84 Å². The summed E-state index contributed by atoms with van der Waals surface area (Å²) in [6.45, 7) is 0. The van der Waals surface area contributed by atoms with E-state index in [0.29, 0.717) is 12.2 Å². The first kappa shape index (κ1) is 13.9. The van der Waals surface area contributed by atoms with Gasteiger partial charge in [0.25, 0.3) is 0 Å². The molecule has 0 radical (unpaired) electrons. The Kier molecular flexibility index (Phi) is 5.05. The molecule has 18 heavy (non-hydrogen) atoms. The Hall–Kier alpha value is -2.17. The van der Waals surface area contributed by atoms with Crippen LogP contribution in [0, 0.1) is 0 Å². The molecule has 1 aromatic carbocycles. The largest absolute Gasteiger partial charge is 0.504 e. The van der Waals surface area contributed by atoms with E-state index in [1.807, 2.05) is 0 Å². The Morgan fingerprint density at radius 3 is 2.72 bits per heavy atom. The molecule has 0 atom stereocenters. The highest BCUT2D eigenvalue weighted by Crippen LogP contribution is 2.26. The van der Waals surface area contributed by atoms with Crippen LogP contribution in [-0.2, 0) is 20.8 Å². The van der Waals surface area contributed by atoms with Crippen molar-refractivity contribution >= 4 is 17.9 Å². The molecule has 0 amide bonds. The molecule has 0 spiro atoms. The third-order valence-corrected chi connectivity index (χ3v) is 2.44. The van der Waals surface area contributed by atoms with Crippen LogP contribution in [0.2, 0.25) is 0 Å². The second kappa shape index (κ2) is 6.54. The number of phenolic OH excluding ortho intramolecular Hbond substituents is 1. The predicted octanol–water partition coefficient (Wildman–Crippen LogP) is 1.06. The number of aryl methyl sites for hydroxylation is 1. The summed E-state index contributed by atoms with van der Waals surface area (Å²) in [6.07, 6.45) is 0.412. The minimum absolute atomic E-state index is 0.0312. The van der Waals surface area contributed by atoms with Crippen molar-refractivity contribution in [2.45, 2.75) is 19.3 Å². The molecule has 0 aromatic heterocycles. The fourth-order valence-corrected chi connectivity index (χ4v) is 1.49. The van der Waals surface area contributed by atoms with E-state index >= 15 is 0 Å². The molecule has 0 unspecified atom stereocenters. The topological polar surface area (TPSA) is 80.7 Å². The van der Waals surface area contributed by atoms with E-state index in [0.717, 1.165) is 5.56 Å². The van der Waals surface area contributed by atoms with Gasteiger partial charge in [0.1, 0.15) is 5.78 Å². The van der Waals surface area contributed by atoms with Gasteiger partial charge in [-0.15, -0.1) is 0 Å². The highest BCUT2D eigenvalue weighted by molar-refractivity contribution is 6.29. The van der Waals surface area contributed by atoms with Crippen molar-refractivity contribution in [1.29, 1.82) is 0 Å². The summed E-state index contributed by atoms with van der Waals surface area (Å²) < 4.78 is 4.94. The third-order valence-electron chi connectivity index (χ3n) is 2.44. The Balaban J connectivity index is 2.55. The molecule has 5 nitrogen and oxygen atoms in total. The van der Waals surface area contributed by atoms with Crippen molar-refractivity contribution in [3.05, 3.63) is 23.8 Å². The second-order valence-electron chi connectivity index (χ2n) is 3.81. The average molecular weight is 250 g/mol. The number of methoxy groups -OCH3 is 1. The highest BCUT2D eigenvalue weighted by atomic mass is 16.5. The fraction of sp³-hybridized carbons (Fsp3) is 0.308. The van der Waals surface area contributed by atoms with Crippen LogP contribution in [0.25, 0.3) is 0 Å². The van der Waals surface area contributed by atoms with Crippen molar-refractivity contribution in [3.63, 3.8) is 0 Å². The lowest BCUT2D eigenvalue weighted by Crippen LogP contribution is -2.09. The van der Waals surface area contributed by atoms with E-state index < -0.39 is 5.78 Å². The third kappa shape index (κ3) is 4.01. The standard InChI is InChI=1S/C13H14O5/c1-18-13-6-9(3-5-12(13)17)2-4-10(15)7-11(16)8-14/h3,5-6,8,17H,2,4,7H2,1H3. The van der Waals surface area contributed by atoms with Gasteiger partial charge in [0.2, 0.25) is 5.78 Å². The van der Waals surface area contributed by atoms with Crippen LogP contribution in [0.1, 0.15) is 18.4 Å². The van der Waals surface area contributed by atoms with E-state index in [4.69, 9.17) is 4.74 Å². The maximum Gasteiger partial charge on any atom is 0.202 e. The monoisotopic (exact) mass is 250 g/mol. The van der Waals surface area contributed by atoms with Gasteiger partial charge in [0.15, 0.2) is 17.8 Å². The van der Waals surface area contributed by atoms with Gasteiger partial charge in [-0.2, -0.15) is 0 Å². The van der Waals surface area contributed by atoms with Crippen LogP contribution >= 0.6 is 0 Å². The summed E-state index contributed by atoms with van der Waals surface area (Å²) in [6, 6.07) is 4.78. The quantitative estimate of drug-likeness (QED) is 0.444. The molecule has 1 N–H and O–H groups in total. The molecule has 1 aromatic rings. The number of Topliss-reactive ketones (excluding diaryl/α,β-unsaturated/α-hetero) is 2. The van der Waals surface area contributed by atoms with E-state index in [1.54, 1.807) is 12.1 Å². The maximum absolute atomic E-state index is 11.3. The zero-order valence-corrected chi connectivity index (χ0v) is 10.0. The zero-order valence-electron chi connectivity index (χ0n) is 10.0. The van der Waals surface area contributed by atoms with Crippen LogP contribution < -0.4 is 4.74 Å². The van der Waals surface area contributed by atoms with Gasteiger partial charge in [-0.25, -0.2) is 0 Å². The first-order valence-corrected chi connectivity index (χ1v) is 5.42. The summed E-state index contributed by atoms with van der Waals surface area (Å²) in [4.78, 5) is 32.2. The summed E-state index contributed by atoms with van der Waals surface area (Å²) in [7, 11) is 1.44. The van der Waals surface area contributed by atoms with E-state index in [2.05, 4.69) is 0 Å². The van der Waals surface area contributed by atoms with Gasteiger partial charge in [-0.3, -0.25) is 14.4 Å². The van der Waals surface area contributed by atoms with Gasteiger partial charge in [0, 0.05) is 6.42 Å². The number of ketones is 2. The molecule has 0 heterocycles. The number of rotatable bonds is 7. The van der Waals surface area contributed by atoms with E-state index in [1.165, 1.54) is 13.2 Å². The molecule has 0 bridgehead atoms. The van der Waals surface area contributed by atoms with Crippen LogP contribution in [-0.4, -0.2) is 30.1 Å². The van der Waals surface area contributed by atoms with Crippen molar-refractivity contribution < 1.29 is 24.2 Å². The lowest BCUT2D eigenvalue weighted by atomic mass is 10.0. The number of carbonyl (C=O) groups excluding carboxylic acids is 3. The van der Waals surface area contributed by atoms with Gasteiger partial charge in [-0.05, 0) is 24.1 Å². The van der Waals surface area contributed by atoms with Gasteiger partial charge in [-0.1, -0.05) is 6.07 Å². The van der Waals surface area contributed by atoms with Crippen molar-refractivity contribution in [2.24, 2.45) is 0 Å². The van der Waals surface area contributed by atoms with Crippen molar-refractivity contribution in [2.75, 3.05) is 7.11 Å². The van der Waals surface area contributed by atoms with Gasteiger partial charge in [0.05, 0.1) is 13.5 Å². The highest BCUT2D eigenvalue weighted by Gasteiger charge is 2.09. The summed E-state index contributed by atoms with van der Waals surface area (Å²) in [5.41, 5.74) is 0.816. The number of benzene rings is 1. The lowest BCUT2D eigenvalue weighted by Gasteiger charge is -2.06. The lowest BCUT2D eigenvalue weighted by molar-refractivity contribution is -0.133. The number of aromatic hydroxyl groups is 1. The number of carbonyl (C=O) groups is 3. The minimum atomic E-state index is -0.705. The SMILES string of the molecule is COc1cc(CCC(=O)CC(=O)C=O)ccc1O. The number of phenols is 1. The normalized spacial score (nSPS) is 9.83. The molecule has 96 valence electrons. The van der Waals surface area contributed by atoms with Crippen LogP contribution in [0.3, 0.4) is 0 Å². The summed E-state index contributed by atoms with van der Waals surface area (Å²) in [5.74, 6) is -0.616. The van der Waals surface area contributed by atoms with Crippen LogP contribution in [0.5, 0.6) is 11.5 Å². The van der Waals surface area contributed by atoms with Crippen LogP contribution in [0.15, 0.2) is 18.2 Å². The Morgan fingerprint density at radius 2 is 2.11 bits per heavy atom. The Labute approximate surface area is 104 Å². The summed E-state index contributed by atoms with van der Waals surface area (Å²) >= 11 is 0. The van der Waals surface area contributed by atoms with Gasteiger partial charge >= 0.3 is 0 Å². The molecule has 0 aliphatic heterocycles. The number of hydrogen-bond donors (Lipinski definition) is 1. The predicted molar refractivity (Wildman–Crippen MR) is 63.7 cm³/mol. The van der Waals surface area contributed by atoms with Crippen molar-refractivity contribution in [1.82, 2.24) is 0 Å². The smallest absolute Gasteiger partial charge is 0.202 e. The zero-order chi connectivity index (χ0) is 13.5. The molecule has 0 saturated carbocycles. The first-order valence-electron chi connectivity index (χ1n) is 5.42. The Morgan fingerprint density at radius 1 is 1.39 bits per heavy atom.